The Labute approximate surface area is 215 Å². The Morgan fingerprint density at radius 1 is 1.03 bits per heavy atom. The summed E-state index contributed by atoms with van der Waals surface area (Å²) < 4.78 is 15.8. The first-order valence-corrected chi connectivity index (χ1v) is 12.4. The Morgan fingerprint density at radius 2 is 1.78 bits per heavy atom. The maximum atomic E-state index is 14.2. The standard InChI is InChI=1S/C29H29FN6O/c1-18-9-11-21(12-10-18)29(22-7-6-8-25(30)32-22)36-17-19(2)35(16-20(36)3)24-15-27(37)34(5)23-13-14-26(31-4)33-28(23)24/h6-15,19-20,29H,16-17H2,1-3,5H3/t19-,20+,29?/m0/s1. The minimum Gasteiger partial charge on any atom is -0.362 e. The van der Waals surface area contributed by atoms with E-state index in [0.717, 1.165) is 16.8 Å². The van der Waals surface area contributed by atoms with E-state index in [4.69, 9.17) is 6.57 Å². The summed E-state index contributed by atoms with van der Waals surface area (Å²) in [6.45, 7) is 15.0. The topological polar surface area (TPSA) is 58.6 Å². The largest absolute Gasteiger partial charge is 0.362 e. The number of halogens is 1. The predicted octanol–water partition coefficient (Wildman–Crippen LogP) is 5.02. The van der Waals surface area contributed by atoms with E-state index in [1.54, 1.807) is 35.9 Å². The number of piperazine rings is 1. The minimum atomic E-state index is -0.498. The number of hydrogen-bond acceptors (Lipinski definition) is 5. The summed E-state index contributed by atoms with van der Waals surface area (Å²) in [5, 5.41) is 0. The third-order valence-electron chi connectivity index (χ3n) is 7.25. The monoisotopic (exact) mass is 496 g/mol. The summed E-state index contributed by atoms with van der Waals surface area (Å²) in [5.74, 6) is -0.203. The van der Waals surface area contributed by atoms with Crippen molar-refractivity contribution in [2.75, 3.05) is 18.0 Å². The van der Waals surface area contributed by atoms with E-state index in [9.17, 15) is 9.18 Å². The number of pyridine rings is 3. The van der Waals surface area contributed by atoms with Crippen molar-refractivity contribution in [3.63, 3.8) is 0 Å². The van der Waals surface area contributed by atoms with Gasteiger partial charge in [0, 0.05) is 38.3 Å². The van der Waals surface area contributed by atoms with Gasteiger partial charge in [-0.15, -0.1) is 4.98 Å². The van der Waals surface area contributed by atoms with Gasteiger partial charge in [0.25, 0.3) is 11.4 Å². The Kier molecular flexibility index (Phi) is 6.48. The maximum absolute atomic E-state index is 14.2. The molecule has 8 heteroatoms. The number of nitrogens with zero attached hydrogens (tertiary/aromatic N) is 6. The Hall–Kier alpha value is -4.09. The second kappa shape index (κ2) is 9.75. The number of rotatable bonds is 4. The molecular formula is C29H29FN6O. The third kappa shape index (κ3) is 4.58. The zero-order valence-corrected chi connectivity index (χ0v) is 21.4. The molecule has 7 nitrogen and oxygen atoms in total. The first-order valence-electron chi connectivity index (χ1n) is 12.4. The lowest BCUT2D eigenvalue weighted by Gasteiger charge is -2.48. The van der Waals surface area contributed by atoms with E-state index >= 15 is 0 Å². The van der Waals surface area contributed by atoms with E-state index in [0.29, 0.717) is 35.6 Å². The fourth-order valence-electron chi connectivity index (χ4n) is 5.29. The Bertz CT molecular complexity index is 1560. The highest BCUT2D eigenvalue weighted by molar-refractivity contribution is 5.89. The maximum Gasteiger partial charge on any atom is 0.270 e. The number of anilines is 1. The quantitative estimate of drug-likeness (QED) is 0.294. The lowest BCUT2D eigenvalue weighted by molar-refractivity contribution is 0.127. The second-order valence-electron chi connectivity index (χ2n) is 9.82. The molecule has 1 fully saturated rings. The van der Waals surface area contributed by atoms with Crippen LogP contribution in [-0.4, -0.2) is 44.6 Å². The SMILES string of the molecule is [C-]#[N+]c1ccc2c(n1)c(N1C[C@@H](C)N(C(c3ccc(C)cc3)c3cccc(F)n3)C[C@@H]1C)cc(=O)n2C. The van der Waals surface area contributed by atoms with Crippen molar-refractivity contribution in [1.82, 2.24) is 19.4 Å². The second-order valence-corrected chi connectivity index (χ2v) is 9.82. The summed E-state index contributed by atoms with van der Waals surface area (Å²) in [4.78, 5) is 29.7. The van der Waals surface area contributed by atoms with Gasteiger partial charge in [0.1, 0.15) is 0 Å². The molecule has 0 aliphatic carbocycles. The number of benzene rings is 1. The van der Waals surface area contributed by atoms with Gasteiger partial charge in [-0.1, -0.05) is 42.5 Å². The molecule has 0 bridgehead atoms. The Morgan fingerprint density at radius 3 is 2.49 bits per heavy atom. The molecule has 37 heavy (non-hydrogen) atoms. The van der Waals surface area contributed by atoms with Gasteiger partial charge in [0.15, 0.2) is 0 Å². The fraction of sp³-hybridized carbons (Fsp3) is 0.310. The van der Waals surface area contributed by atoms with Gasteiger partial charge in [0.05, 0.1) is 22.9 Å². The zero-order valence-electron chi connectivity index (χ0n) is 21.4. The highest BCUT2D eigenvalue weighted by atomic mass is 19.1. The van der Waals surface area contributed by atoms with E-state index in [2.05, 4.69) is 62.7 Å². The molecule has 0 spiro atoms. The average Bonchev–Trinajstić information content (AvgIpc) is 2.89. The van der Waals surface area contributed by atoms with E-state index in [-0.39, 0.29) is 23.7 Å². The highest BCUT2D eigenvalue weighted by Crippen LogP contribution is 2.35. The average molecular weight is 497 g/mol. The molecule has 0 radical (unpaired) electrons. The smallest absolute Gasteiger partial charge is 0.270 e. The first-order chi connectivity index (χ1) is 17.8. The molecule has 1 saturated heterocycles. The van der Waals surface area contributed by atoms with Crippen molar-refractivity contribution in [3.05, 3.63) is 105 Å². The molecule has 1 aromatic carbocycles. The van der Waals surface area contributed by atoms with Crippen molar-refractivity contribution in [2.45, 2.75) is 38.9 Å². The highest BCUT2D eigenvalue weighted by Gasteiger charge is 2.37. The van der Waals surface area contributed by atoms with Gasteiger partial charge < -0.3 is 14.3 Å². The number of fused-ring (bicyclic) bond motifs is 1. The van der Waals surface area contributed by atoms with Gasteiger partial charge in [-0.2, -0.15) is 4.39 Å². The molecule has 5 rings (SSSR count). The van der Waals surface area contributed by atoms with Gasteiger partial charge >= 0.3 is 0 Å². The molecular weight excluding hydrogens is 467 g/mol. The van der Waals surface area contributed by atoms with Crippen LogP contribution in [0.2, 0.25) is 0 Å². The van der Waals surface area contributed by atoms with Crippen molar-refractivity contribution in [1.29, 1.82) is 0 Å². The van der Waals surface area contributed by atoms with Crippen LogP contribution >= 0.6 is 0 Å². The van der Waals surface area contributed by atoms with Crippen LogP contribution in [0.5, 0.6) is 0 Å². The van der Waals surface area contributed by atoms with Crippen LogP contribution in [0.4, 0.5) is 15.9 Å². The van der Waals surface area contributed by atoms with Crippen LogP contribution in [0.3, 0.4) is 0 Å². The zero-order chi connectivity index (χ0) is 26.3. The number of aromatic nitrogens is 3. The lowest BCUT2D eigenvalue weighted by Crippen LogP contribution is -2.57. The Balaban J connectivity index is 1.56. The summed E-state index contributed by atoms with van der Waals surface area (Å²) in [6, 6.07) is 18.1. The molecule has 4 aromatic rings. The number of aryl methyl sites for hydroxylation is 2. The van der Waals surface area contributed by atoms with Crippen molar-refractivity contribution < 1.29 is 4.39 Å². The summed E-state index contributed by atoms with van der Waals surface area (Å²) >= 11 is 0. The van der Waals surface area contributed by atoms with E-state index in [1.807, 2.05) is 13.0 Å². The van der Waals surface area contributed by atoms with Gasteiger partial charge in [-0.05, 0) is 50.6 Å². The van der Waals surface area contributed by atoms with Crippen molar-refractivity contribution in [2.24, 2.45) is 7.05 Å². The molecule has 0 saturated carbocycles. The van der Waals surface area contributed by atoms with Gasteiger partial charge in [0.2, 0.25) is 11.5 Å². The first kappa shape index (κ1) is 24.6. The molecule has 3 atom stereocenters. The molecule has 1 unspecified atom stereocenters. The van der Waals surface area contributed by atoms with Crippen molar-refractivity contribution in [3.8, 4) is 0 Å². The van der Waals surface area contributed by atoms with Crippen LogP contribution in [0.25, 0.3) is 15.9 Å². The summed E-state index contributed by atoms with van der Waals surface area (Å²) in [6.07, 6.45) is 0. The molecule has 4 heterocycles. The third-order valence-corrected chi connectivity index (χ3v) is 7.25. The number of hydrogen-bond donors (Lipinski definition) is 0. The van der Waals surface area contributed by atoms with Gasteiger partial charge in [-0.25, -0.2) is 4.98 Å². The van der Waals surface area contributed by atoms with Gasteiger partial charge in [-0.3, -0.25) is 9.69 Å². The predicted molar refractivity (Wildman–Crippen MR) is 143 cm³/mol. The van der Waals surface area contributed by atoms with E-state index < -0.39 is 5.95 Å². The van der Waals surface area contributed by atoms with Crippen molar-refractivity contribution >= 4 is 22.5 Å². The fourth-order valence-corrected chi connectivity index (χ4v) is 5.29. The molecule has 1 aliphatic heterocycles. The van der Waals surface area contributed by atoms with Crippen LogP contribution < -0.4 is 10.5 Å². The molecule has 3 aromatic heterocycles. The van der Waals surface area contributed by atoms with Crippen LogP contribution in [0.15, 0.2) is 65.5 Å². The summed E-state index contributed by atoms with van der Waals surface area (Å²) in [7, 11) is 1.72. The molecule has 0 amide bonds. The van der Waals surface area contributed by atoms with Crippen LogP contribution in [0, 0.1) is 19.4 Å². The minimum absolute atomic E-state index is 0.0198. The molecule has 1 aliphatic rings. The van der Waals surface area contributed by atoms with E-state index in [1.165, 1.54) is 6.07 Å². The van der Waals surface area contributed by atoms with Crippen LogP contribution in [0.1, 0.15) is 36.7 Å². The molecule has 188 valence electrons. The summed E-state index contributed by atoms with van der Waals surface area (Å²) in [5.41, 5.74) is 4.83. The van der Waals surface area contributed by atoms with Crippen LogP contribution in [-0.2, 0) is 7.05 Å². The molecule has 0 N–H and O–H groups in total. The normalized spacial score (nSPS) is 19.1. The lowest BCUT2D eigenvalue weighted by atomic mass is 9.95.